The number of aryl methyl sites for hydroxylation is 1. The molecule has 0 unspecified atom stereocenters. The maximum absolute atomic E-state index is 12.2. The second-order valence-corrected chi connectivity index (χ2v) is 7.45. The maximum atomic E-state index is 12.2. The number of anilines is 1. The maximum Gasteiger partial charge on any atom is 0.236 e. The van der Waals surface area contributed by atoms with Crippen molar-refractivity contribution < 1.29 is 8.42 Å². The van der Waals surface area contributed by atoms with Crippen LogP contribution < -0.4 is 10.5 Å². The lowest BCUT2D eigenvalue weighted by atomic mass is 10.1. The highest BCUT2D eigenvalue weighted by molar-refractivity contribution is 9.10. The molecule has 0 radical (unpaired) electrons. The van der Waals surface area contributed by atoms with Gasteiger partial charge in [0.15, 0.2) is 0 Å². The number of benzene rings is 2. The summed E-state index contributed by atoms with van der Waals surface area (Å²) in [5.41, 5.74) is 8.79. The summed E-state index contributed by atoms with van der Waals surface area (Å²) in [5.74, 6) is -0.0822. The fourth-order valence-electron chi connectivity index (χ4n) is 1.97. The Morgan fingerprint density at radius 2 is 1.86 bits per heavy atom. The van der Waals surface area contributed by atoms with Crippen LogP contribution in [-0.2, 0) is 22.3 Å². The summed E-state index contributed by atoms with van der Waals surface area (Å²) >= 11 is 3.36. The second kappa shape index (κ2) is 6.60. The van der Waals surface area contributed by atoms with Crippen LogP contribution in [0.2, 0.25) is 0 Å². The topological polar surface area (TPSA) is 72.2 Å². The first-order valence-electron chi connectivity index (χ1n) is 6.44. The van der Waals surface area contributed by atoms with Gasteiger partial charge in [0.1, 0.15) is 0 Å². The van der Waals surface area contributed by atoms with Crippen LogP contribution in [0.1, 0.15) is 16.7 Å². The third kappa shape index (κ3) is 4.56. The van der Waals surface area contributed by atoms with Crippen molar-refractivity contribution in [3.05, 3.63) is 63.6 Å². The van der Waals surface area contributed by atoms with Crippen LogP contribution in [0.5, 0.6) is 0 Å². The molecule has 0 atom stereocenters. The molecule has 2 aromatic rings. The van der Waals surface area contributed by atoms with Crippen molar-refractivity contribution in [2.24, 2.45) is 5.73 Å². The van der Waals surface area contributed by atoms with Crippen LogP contribution in [0.3, 0.4) is 0 Å². The first kappa shape index (κ1) is 16.0. The molecule has 0 saturated heterocycles. The summed E-state index contributed by atoms with van der Waals surface area (Å²) in [5, 5.41) is 0. The average molecular weight is 369 g/mol. The van der Waals surface area contributed by atoms with Crippen LogP contribution in [0, 0.1) is 6.92 Å². The third-order valence-corrected chi connectivity index (χ3v) is 4.87. The number of sulfonamides is 1. The molecule has 21 heavy (non-hydrogen) atoms. The van der Waals surface area contributed by atoms with Crippen LogP contribution in [-0.4, -0.2) is 8.42 Å². The Morgan fingerprint density at radius 3 is 2.52 bits per heavy atom. The molecule has 112 valence electrons. The van der Waals surface area contributed by atoms with E-state index in [0.29, 0.717) is 17.8 Å². The minimum Gasteiger partial charge on any atom is -0.326 e. The van der Waals surface area contributed by atoms with Crippen molar-refractivity contribution in [2.75, 3.05) is 4.72 Å². The summed E-state index contributed by atoms with van der Waals surface area (Å²) in [7, 11) is -3.47. The molecule has 0 aliphatic carbocycles. The summed E-state index contributed by atoms with van der Waals surface area (Å²) in [6, 6.07) is 12.7. The lowest BCUT2D eigenvalue weighted by Crippen LogP contribution is -2.15. The van der Waals surface area contributed by atoms with Crippen molar-refractivity contribution in [3.8, 4) is 0 Å². The summed E-state index contributed by atoms with van der Waals surface area (Å²) < 4.78 is 27.8. The molecule has 0 heterocycles. The van der Waals surface area contributed by atoms with Gasteiger partial charge in [0.2, 0.25) is 10.0 Å². The van der Waals surface area contributed by atoms with E-state index in [1.807, 2.05) is 37.3 Å². The Balaban J connectivity index is 2.18. The van der Waals surface area contributed by atoms with Gasteiger partial charge in [-0.25, -0.2) is 8.42 Å². The van der Waals surface area contributed by atoms with Crippen LogP contribution >= 0.6 is 15.9 Å². The highest BCUT2D eigenvalue weighted by Crippen LogP contribution is 2.25. The van der Waals surface area contributed by atoms with E-state index < -0.39 is 10.0 Å². The minimum atomic E-state index is -3.47. The number of hydrogen-bond donors (Lipinski definition) is 2. The predicted molar refractivity (Wildman–Crippen MR) is 89.5 cm³/mol. The minimum absolute atomic E-state index is 0.0822. The zero-order valence-electron chi connectivity index (χ0n) is 11.6. The zero-order chi connectivity index (χ0) is 15.5. The van der Waals surface area contributed by atoms with E-state index in [1.165, 1.54) is 0 Å². The van der Waals surface area contributed by atoms with E-state index in [4.69, 9.17) is 5.73 Å². The van der Waals surface area contributed by atoms with Gasteiger partial charge in [-0.3, -0.25) is 4.72 Å². The summed E-state index contributed by atoms with van der Waals surface area (Å²) in [4.78, 5) is 0. The van der Waals surface area contributed by atoms with Gasteiger partial charge < -0.3 is 5.73 Å². The molecule has 0 fully saturated rings. The van der Waals surface area contributed by atoms with Crippen molar-refractivity contribution in [1.29, 1.82) is 0 Å². The Kier molecular flexibility index (Phi) is 5.03. The molecule has 0 aromatic heterocycles. The lowest BCUT2D eigenvalue weighted by molar-refractivity contribution is 0.600. The summed E-state index contributed by atoms with van der Waals surface area (Å²) in [6.07, 6.45) is 0. The molecule has 0 aliphatic heterocycles. The monoisotopic (exact) mass is 368 g/mol. The Bertz CT molecular complexity index is 745. The second-order valence-electron chi connectivity index (χ2n) is 4.87. The van der Waals surface area contributed by atoms with Gasteiger partial charge in [0, 0.05) is 11.0 Å². The Morgan fingerprint density at radius 1 is 1.14 bits per heavy atom. The van der Waals surface area contributed by atoms with Crippen molar-refractivity contribution >= 4 is 31.6 Å². The van der Waals surface area contributed by atoms with Crippen molar-refractivity contribution in [2.45, 2.75) is 19.2 Å². The van der Waals surface area contributed by atoms with Gasteiger partial charge in [-0.15, -0.1) is 0 Å². The van der Waals surface area contributed by atoms with E-state index in [2.05, 4.69) is 20.7 Å². The smallest absolute Gasteiger partial charge is 0.236 e. The summed E-state index contributed by atoms with van der Waals surface area (Å²) in [6.45, 7) is 2.34. The van der Waals surface area contributed by atoms with Crippen LogP contribution in [0.15, 0.2) is 46.9 Å². The standard InChI is InChI=1S/C15H17BrN2O2S/c1-11-5-6-15(14(16)7-11)18-21(19,20)10-13-4-2-3-12(8-13)9-17/h2-8,18H,9-10,17H2,1H3. The van der Waals surface area contributed by atoms with E-state index >= 15 is 0 Å². The molecule has 6 heteroatoms. The first-order valence-corrected chi connectivity index (χ1v) is 8.89. The van der Waals surface area contributed by atoms with E-state index in [0.717, 1.165) is 15.6 Å². The van der Waals surface area contributed by atoms with Crippen molar-refractivity contribution in [1.82, 2.24) is 0 Å². The molecule has 0 bridgehead atoms. The highest BCUT2D eigenvalue weighted by Gasteiger charge is 2.13. The van der Waals surface area contributed by atoms with Gasteiger partial charge >= 0.3 is 0 Å². The molecule has 0 saturated carbocycles. The first-order chi connectivity index (χ1) is 9.89. The Hall–Kier alpha value is -1.37. The van der Waals surface area contributed by atoms with Gasteiger partial charge in [-0.1, -0.05) is 30.3 Å². The van der Waals surface area contributed by atoms with E-state index in [9.17, 15) is 8.42 Å². The lowest BCUT2D eigenvalue weighted by Gasteiger charge is -2.11. The number of rotatable bonds is 5. The molecule has 3 N–H and O–H groups in total. The largest absolute Gasteiger partial charge is 0.326 e. The molecule has 0 aliphatic rings. The number of nitrogens with one attached hydrogen (secondary N) is 1. The van der Waals surface area contributed by atoms with Crippen LogP contribution in [0.4, 0.5) is 5.69 Å². The molecule has 2 aromatic carbocycles. The quantitative estimate of drug-likeness (QED) is 0.851. The van der Waals surface area contributed by atoms with E-state index in [1.54, 1.807) is 12.1 Å². The SMILES string of the molecule is Cc1ccc(NS(=O)(=O)Cc2cccc(CN)c2)c(Br)c1. The van der Waals surface area contributed by atoms with Gasteiger partial charge in [0.05, 0.1) is 11.4 Å². The number of hydrogen-bond acceptors (Lipinski definition) is 3. The molecular weight excluding hydrogens is 352 g/mol. The number of halogens is 1. The predicted octanol–water partition coefficient (Wildman–Crippen LogP) is 3.16. The normalized spacial score (nSPS) is 11.4. The van der Waals surface area contributed by atoms with Crippen LogP contribution in [0.25, 0.3) is 0 Å². The molecule has 0 spiro atoms. The molecule has 4 nitrogen and oxygen atoms in total. The zero-order valence-corrected chi connectivity index (χ0v) is 14.0. The van der Waals surface area contributed by atoms with Gasteiger partial charge in [0.25, 0.3) is 0 Å². The highest BCUT2D eigenvalue weighted by atomic mass is 79.9. The molecular formula is C15H17BrN2O2S. The van der Waals surface area contributed by atoms with E-state index in [-0.39, 0.29) is 5.75 Å². The fraction of sp³-hybridized carbons (Fsp3) is 0.200. The third-order valence-electron chi connectivity index (χ3n) is 2.97. The van der Waals surface area contributed by atoms with Gasteiger partial charge in [-0.2, -0.15) is 0 Å². The van der Waals surface area contributed by atoms with Crippen molar-refractivity contribution in [3.63, 3.8) is 0 Å². The Labute approximate surface area is 133 Å². The molecule has 0 amide bonds. The average Bonchev–Trinajstić information content (AvgIpc) is 2.41. The molecule has 2 rings (SSSR count). The number of nitrogens with two attached hydrogens (primary N) is 1. The van der Waals surface area contributed by atoms with Gasteiger partial charge in [-0.05, 0) is 51.7 Å². The fourth-order valence-corrected chi connectivity index (χ4v) is 3.90.